The van der Waals surface area contributed by atoms with Crippen molar-refractivity contribution in [1.29, 1.82) is 0 Å². The van der Waals surface area contributed by atoms with Crippen LogP contribution in [0.2, 0.25) is 0 Å². The zero-order chi connectivity index (χ0) is 21.8. The quantitative estimate of drug-likeness (QED) is 0.562. The Kier molecular flexibility index (Phi) is 6.30. The Bertz CT molecular complexity index is 964. The molecule has 0 fully saturated rings. The van der Waals surface area contributed by atoms with E-state index >= 15 is 0 Å². The number of imide groups is 1. The van der Waals surface area contributed by atoms with Crippen molar-refractivity contribution in [2.45, 2.75) is 33.4 Å². The summed E-state index contributed by atoms with van der Waals surface area (Å²) < 4.78 is 5.25. The van der Waals surface area contributed by atoms with Gasteiger partial charge in [0, 0.05) is 6.54 Å². The molecule has 0 bridgehead atoms. The SMILES string of the molecule is CC(C)CNC(=O)C(C)OC(=O)c1cccc(CN2C(=O)c3ccccc3C2=O)c1. The van der Waals surface area contributed by atoms with Crippen molar-refractivity contribution in [2.75, 3.05) is 6.54 Å². The first-order valence-electron chi connectivity index (χ1n) is 9.80. The van der Waals surface area contributed by atoms with Gasteiger partial charge in [-0.25, -0.2) is 4.79 Å². The lowest BCUT2D eigenvalue weighted by Crippen LogP contribution is -2.37. The average molecular weight is 408 g/mol. The number of fused-ring (bicyclic) bond motifs is 1. The van der Waals surface area contributed by atoms with Gasteiger partial charge in [-0.3, -0.25) is 19.3 Å². The molecule has 1 aliphatic heterocycles. The molecule has 0 spiro atoms. The number of nitrogens with zero attached hydrogens (tertiary/aromatic N) is 1. The molecule has 2 aromatic carbocycles. The van der Waals surface area contributed by atoms with Crippen LogP contribution in [0.15, 0.2) is 48.5 Å². The summed E-state index contributed by atoms with van der Waals surface area (Å²) in [5.41, 5.74) is 1.60. The van der Waals surface area contributed by atoms with Crippen molar-refractivity contribution in [3.8, 4) is 0 Å². The summed E-state index contributed by atoms with van der Waals surface area (Å²) in [5, 5.41) is 2.72. The maximum Gasteiger partial charge on any atom is 0.338 e. The van der Waals surface area contributed by atoms with Gasteiger partial charge in [-0.15, -0.1) is 0 Å². The molecule has 2 aromatic rings. The topological polar surface area (TPSA) is 92.8 Å². The summed E-state index contributed by atoms with van der Waals surface area (Å²) in [5.74, 6) is -1.45. The Morgan fingerprint density at radius 3 is 2.20 bits per heavy atom. The standard InChI is InChI=1S/C23H24N2O5/c1-14(2)12-24-20(26)15(3)30-23(29)17-8-6-7-16(11-17)13-25-21(27)18-9-4-5-10-19(18)22(25)28/h4-11,14-15H,12-13H2,1-3H3,(H,24,26). The van der Waals surface area contributed by atoms with Gasteiger partial charge < -0.3 is 10.1 Å². The molecule has 3 rings (SSSR count). The van der Waals surface area contributed by atoms with Crippen LogP contribution in [-0.4, -0.2) is 41.2 Å². The smallest absolute Gasteiger partial charge is 0.338 e. The van der Waals surface area contributed by atoms with Crippen molar-refractivity contribution in [1.82, 2.24) is 10.2 Å². The van der Waals surface area contributed by atoms with Gasteiger partial charge in [0.1, 0.15) is 0 Å². The number of amides is 3. The molecular weight excluding hydrogens is 384 g/mol. The maximum atomic E-state index is 12.5. The number of esters is 1. The Morgan fingerprint density at radius 2 is 1.60 bits per heavy atom. The van der Waals surface area contributed by atoms with Gasteiger partial charge in [0.25, 0.3) is 17.7 Å². The zero-order valence-electron chi connectivity index (χ0n) is 17.2. The number of hydrogen-bond acceptors (Lipinski definition) is 5. The number of rotatable bonds is 7. The summed E-state index contributed by atoms with van der Waals surface area (Å²) in [6, 6.07) is 13.2. The van der Waals surface area contributed by atoms with Crippen LogP contribution in [0.3, 0.4) is 0 Å². The molecule has 1 N–H and O–H groups in total. The van der Waals surface area contributed by atoms with E-state index in [9.17, 15) is 19.2 Å². The number of hydrogen-bond donors (Lipinski definition) is 1. The predicted molar refractivity (Wildman–Crippen MR) is 110 cm³/mol. The van der Waals surface area contributed by atoms with Crippen LogP contribution in [0.4, 0.5) is 0 Å². The average Bonchev–Trinajstić information content (AvgIpc) is 2.97. The summed E-state index contributed by atoms with van der Waals surface area (Å²) in [7, 11) is 0. The molecule has 3 amide bonds. The van der Waals surface area contributed by atoms with E-state index in [4.69, 9.17) is 4.74 Å². The van der Waals surface area contributed by atoms with Crippen molar-refractivity contribution in [2.24, 2.45) is 5.92 Å². The molecule has 1 aliphatic rings. The second-order valence-corrected chi connectivity index (χ2v) is 7.63. The van der Waals surface area contributed by atoms with Gasteiger partial charge in [-0.05, 0) is 42.7 Å². The molecule has 156 valence electrons. The molecule has 30 heavy (non-hydrogen) atoms. The molecule has 0 saturated carbocycles. The summed E-state index contributed by atoms with van der Waals surface area (Å²) in [6.07, 6.45) is -0.934. The molecule has 0 radical (unpaired) electrons. The minimum absolute atomic E-state index is 0.0396. The third-order valence-corrected chi connectivity index (χ3v) is 4.72. The Balaban J connectivity index is 1.67. The summed E-state index contributed by atoms with van der Waals surface area (Å²) in [6.45, 7) is 5.98. The van der Waals surface area contributed by atoms with E-state index in [1.165, 1.54) is 6.92 Å². The third-order valence-electron chi connectivity index (χ3n) is 4.72. The lowest BCUT2D eigenvalue weighted by Gasteiger charge is -2.16. The molecule has 0 aromatic heterocycles. The number of carbonyl (C=O) groups excluding carboxylic acids is 4. The van der Waals surface area contributed by atoms with Crippen LogP contribution in [-0.2, 0) is 16.1 Å². The van der Waals surface area contributed by atoms with Gasteiger partial charge in [0.05, 0.1) is 23.2 Å². The Morgan fingerprint density at radius 1 is 0.967 bits per heavy atom. The fraction of sp³-hybridized carbons (Fsp3) is 0.304. The molecule has 7 nitrogen and oxygen atoms in total. The van der Waals surface area contributed by atoms with Crippen LogP contribution in [0.25, 0.3) is 0 Å². The van der Waals surface area contributed by atoms with E-state index < -0.39 is 12.1 Å². The summed E-state index contributed by atoms with van der Waals surface area (Å²) in [4.78, 5) is 50.7. The van der Waals surface area contributed by atoms with Crippen LogP contribution in [0.5, 0.6) is 0 Å². The van der Waals surface area contributed by atoms with Crippen molar-refractivity contribution in [3.63, 3.8) is 0 Å². The molecule has 1 atom stereocenters. The van der Waals surface area contributed by atoms with Gasteiger partial charge in [0.2, 0.25) is 0 Å². The normalized spacial score (nSPS) is 13.9. The largest absolute Gasteiger partial charge is 0.449 e. The highest BCUT2D eigenvalue weighted by Crippen LogP contribution is 2.24. The van der Waals surface area contributed by atoms with Gasteiger partial charge in [0.15, 0.2) is 6.10 Å². The monoisotopic (exact) mass is 408 g/mol. The highest BCUT2D eigenvalue weighted by atomic mass is 16.5. The van der Waals surface area contributed by atoms with Gasteiger partial charge in [-0.2, -0.15) is 0 Å². The lowest BCUT2D eigenvalue weighted by atomic mass is 10.1. The second-order valence-electron chi connectivity index (χ2n) is 7.63. The first kappa shape index (κ1) is 21.2. The highest BCUT2D eigenvalue weighted by Gasteiger charge is 2.35. The fourth-order valence-corrected chi connectivity index (χ4v) is 3.09. The first-order chi connectivity index (χ1) is 14.3. The minimum atomic E-state index is -0.934. The van der Waals surface area contributed by atoms with Crippen molar-refractivity contribution >= 4 is 23.7 Å². The minimum Gasteiger partial charge on any atom is -0.449 e. The lowest BCUT2D eigenvalue weighted by molar-refractivity contribution is -0.129. The number of benzene rings is 2. The van der Waals surface area contributed by atoms with Crippen LogP contribution in [0.1, 0.15) is 57.4 Å². The van der Waals surface area contributed by atoms with E-state index in [0.29, 0.717) is 23.2 Å². The zero-order valence-corrected chi connectivity index (χ0v) is 17.2. The molecular formula is C23H24N2O5. The van der Waals surface area contributed by atoms with Gasteiger partial charge in [-0.1, -0.05) is 38.1 Å². The molecule has 1 heterocycles. The van der Waals surface area contributed by atoms with E-state index in [1.807, 2.05) is 13.8 Å². The summed E-state index contributed by atoms with van der Waals surface area (Å²) >= 11 is 0. The molecule has 0 saturated heterocycles. The van der Waals surface area contributed by atoms with Crippen molar-refractivity contribution < 1.29 is 23.9 Å². The third kappa shape index (κ3) is 4.56. The number of ether oxygens (including phenoxy) is 1. The van der Waals surface area contributed by atoms with Crippen LogP contribution < -0.4 is 5.32 Å². The van der Waals surface area contributed by atoms with Crippen LogP contribution >= 0.6 is 0 Å². The van der Waals surface area contributed by atoms with E-state index in [-0.39, 0.29) is 35.7 Å². The molecule has 1 unspecified atom stereocenters. The predicted octanol–water partition coefficient (Wildman–Crippen LogP) is 2.80. The van der Waals surface area contributed by atoms with E-state index in [0.717, 1.165) is 4.90 Å². The number of carbonyl (C=O) groups is 4. The van der Waals surface area contributed by atoms with E-state index in [1.54, 1.807) is 48.5 Å². The molecule has 7 heteroatoms. The van der Waals surface area contributed by atoms with Crippen LogP contribution in [0, 0.1) is 5.92 Å². The maximum absolute atomic E-state index is 12.5. The van der Waals surface area contributed by atoms with E-state index in [2.05, 4.69) is 5.32 Å². The van der Waals surface area contributed by atoms with Crippen molar-refractivity contribution in [3.05, 3.63) is 70.8 Å². The highest BCUT2D eigenvalue weighted by molar-refractivity contribution is 6.21. The van der Waals surface area contributed by atoms with Gasteiger partial charge >= 0.3 is 5.97 Å². The Labute approximate surface area is 175 Å². The fourth-order valence-electron chi connectivity index (χ4n) is 3.09. The second kappa shape index (κ2) is 8.90. The first-order valence-corrected chi connectivity index (χ1v) is 9.80. The molecule has 0 aliphatic carbocycles. The Hall–Kier alpha value is -3.48. The number of nitrogens with one attached hydrogen (secondary N) is 1.